The molecule has 1 aliphatic rings. The molecular weight excluding hydrogens is 276 g/mol. The third kappa shape index (κ3) is 2.60. The minimum atomic E-state index is -0.201. The van der Waals surface area contributed by atoms with E-state index in [9.17, 15) is 4.79 Å². The zero-order valence-electron chi connectivity index (χ0n) is 12.1. The van der Waals surface area contributed by atoms with Crippen molar-refractivity contribution in [3.8, 4) is 0 Å². The van der Waals surface area contributed by atoms with Gasteiger partial charge in [0.15, 0.2) is 5.76 Å². The number of pyridine rings is 1. The minimum Gasteiger partial charge on any atom is -0.451 e. The number of hydrogen-bond acceptors (Lipinski definition) is 3. The number of rotatable bonds is 4. The Balaban J connectivity index is 1.46. The molecule has 0 aliphatic heterocycles. The minimum absolute atomic E-state index is 0.201. The van der Waals surface area contributed by atoms with Crippen LogP contribution in [0.25, 0.3) is 11.0 Å². The first kappa shape index (κ1) is 13.1. The van der Waals surface area contributed by atoms with Gasteiger partial charge < -0.3 is 9.73 Å². The van der Waals surface area contributed by atoms with Crippen LogP contribution >= 0.6 is 0 Å². The maximum Gasteiger partial charge on any atom is 0.287 e. The Kier molecular flexibility index (Phi) is 3.15. The Hall–Kier alpha value is -2.62. The lowest BCUT2D eigenvalue weighted by Gasteiger charge is -2.05. The Labute approximate surface area is 128 Å². The summed E-state index contributed by atoms with van der Waals surface area (Å²) in [4.78, 5) is 16.5. The van der Waals surface area contributed by atoms with Gasteiger partial charge in [0.25, 0.3) is 5.91 Å². The summed E-state index contributed by atoms with van der Waals surface area (Å²) in [6.45, 7) is 0.462. The van der Waals surface area contributed by atoms with Crippen LogP contribution in [0.15, 0.2) is 53.2 Å². The van der Waals surface area contributed by atoms with E-state index in [0.717, 1.165) is 16.5 Å². The Bertz CT molecular complexity index is 801. The lowest BCUT2D eigenvalue weighted by molar-refractivity contribution is 0.0925. The van der Waals surface area contributed by atoms with E-state index in [1.807, 2.05) is 30.5 Å². The molecule has 0 atom stereocenters. The quantitative estimate of drug-likeness (QED) is 0.798. The topological polar surface area (TPSA) is 55.1 Å². The van der Waals surface area contributed by atoms with Gasteiger partial charge in [0.2, 0.25) is 0 Å². The highest BCUT2D eigenvalue weighted by atomic mass is 16.3. The second-order valence-corrected chi connectivity index (χ2v) is 5.73. The van der Waals surface area contributed by atoms with E-state index < -0.39 is 0 Å². The highest BCUT2D eigenvalue weighted by Crippen LogP contribution is 2.39. The van der Waals surface area contributed by atoms with E-state index in [0.29, 0.717) is 18.2 Å². The fraction of sp³-hybridized carbons (Fsp3) is 0.222. The van der Waals surface area contributed by atoms with Crippen molar-refractivity contribution in [3.05, 3.63) is 65.7 Å². The van der Waals surface area contributed by atoms with Crippen LogP contribution in [-0.2, 0) is 6.54 Å². The van der Waals surface area contributed by atoms with Crippen molar-refractivity contribution < 1.29 is 9.21 Å². The molecule has 0 spiro atoms. The van der Waals surface area contributed by atoms with E-state index in [1.165, 1.54) is 18.4 Å². The van der Waals surface area contributed by atoms with Crippen LogP contribution < -0.4 is 5.32 Å². The number of benzene rings is 1. The number of para-hydroxylation sites is 1. The highest BCUT2D eigenvalue weighted by Gasteiger charge is 2.23. The molecule has 4 nitrogen and oxygen atoms in total. The fourth-order valence-electron chi connectivity index (χ4n) is 2.61. The average Bonchev–Trinajstić information content (AvgIpc) is 3.31. The molecule has 1 N–H and O–H groups in total. The van der Waals surface area contributed by atoms with Gasteiger partial charge in [-0.05, 0) is 42.0 Å². The van der Waals surface area contributed by atoms with Gasteiger partial charge in [-0.1, -0.05) is 24.3 Å². The van der Waals surface area contributed by atoms with Crippen LogP contribution in [-0.4, -0.2) is 10.9 Å². The lowest BCUT2D eigenvalue weighted by Crippen LogP contribution is -2.22. The first-order valence-corrected chi connectivity index (χ1v) is 7.50. The standard InChI is InChI=1S/C18H16N2O2/c21-18(17-8-14-3-1-2-4-16(14)22-17)20-10-12-7-15(11-19-9-12)13-5-6-13/h1-4,7-9,11,13H,5-6,10H2,(H,20,21). The number of hydrogen-bond donors (Lipinski definition) is 1. The molecular formula is C18H16N2O2. The van der Waals surface area contributed by atoms with Crippen LogP contribution in [0.4, 0.5) is 0 Å². The van der Waals surface area contributed by atoms with E-state index in [4.69, 9.17) is 4.42 Å². The molecule has 1 fully saturated rings. The van der Waals surface area contributed by atoms with Crippen LogP contribution in [0.1, 0.15) is 40.4 Å². The summed E-state index contributed by atoms with van der Waals surface area (Å²) in [5, 5.41) is 3.83. The van der Waals surface area contributed by atoms with Gasteiger partial charge >= 0.3 is 0 Å². The van der Waals surface area contributed by atoms with Crippen LogP contribution in [0.5, 0.6) is 0 Å². The SMILES string of the molecule is O=C(NCc1cncc(C2CC2)c1)c1cc2ccccc2o1. The predicted octanol–water partition coefficient (Wildman–Crippen LogP) is 3.64. The summed E-state index contributed by atoms with van der Waals surface area (Å²) in [6, 6.07) is 11.5. The third-order valence-corrected chi connectivity index (χ3v) is 3.97. The molecule has 0 saturated heterocycles. The second-order valence-electron chi connectivity index (χ2n) is 5.73. The number of fused-ring (bicyclic) bond motifs is 1. The van der Waals surface area contributed by atoms with Gasteiger partial charge in [-0.25, -0.2) is 0 Å². The highest BCUT2D eigenvalue weighted by molar-refractivity contribution is 5.95. The summed E-state index contributed by atoms with van der Waals surface area (Å²) in [7, 11) is 0. The van der Waals surface area contributed by atoms with Crippen molar-refractivity contribution in [1.29, 1.82) is 0 Å². The van der Waals surface area contributed by atoms with Crippen molar-refractivity contribution in [1.82, 2.24) is 10.3 Å². The van der Waals surface area contributed by atoms with Gasteiger partial charge in [-0.2, -0.15) is 0 Å². The van der Waals surface area contributed by atoms with Gasteiger partial charge in [0.05, 0.1) is 0 Å². The summed E-state index contributed by atoms with van der Waals surface area (Å²) in [5.41, 5.74) is 3.02. The number of amides is 1. The molecule has 1 aliphatic carbocycles. The lowest BCUT2D eigenvalue weighted by atomic mass is 10.1. The molecule has 0 radical (unpaired) electrons. The molecule has 2 heterocycles. The zero-order chi connectivity index (χ0) is 14.9. The summed E-state index contributed by atoms with van der Waals surface area (Å²) in [5.74, 6) is 0.805. The summed E-state index contributed by atoms with van der Waals surface area (Å²) in [6.07, 6.45) is 6.21. The Morgan fingerprint density at radius 2 is 2.09 bits per heavy atom. The maximum atomic E-state index is 12.2. The summed E-state index contributed by atoms with van der Waals surface area (Å²) >= 11 is 0. The van der Waals surface area contributed by atoms with E-state index >= 15 is 0 Å². The third-order valence-electron chi connectivity index (χ3n) is 3.97. The van der Waals surface area contributed by atoms with E-state index in [-0.39, 0.29) is 5.91 Å². The maximum absolute atomic E-state index is 12.2. The number of carbonyl (C=O) groups excluding carboxylic acids is 1. The predicted molar refractivity (Wildman–Crippen MR) is 83.6 cm³/mol. The van der Waals surface area contributed by atoms with E-state index in [1.54, 1.807) is 12.3 Å². The zero-order valence-corrected chi connectivity index (χ0v) is 12.1. The molecule has 4 heteroatoms. The number of nitrogens with zero attached hydrogens (tertiary/aromatic N) is 1. The monoisotopic (exact) mass is 292 g/mol. The molecule has 0 bridgehead atoms. The van der Waals surface area contributed by atoms with Gasteiger partial charge in [0.1, 0.15) is 5.58 Å². The molecule has 4 rings (SSSR count). The van der Waals surface area contributed by atoms with Gasteiger partial charge in [-0.3, -0.25) is 9.78 Å². The van der Waals surface area contributed by atoms with Crippen molar-refractivity contribution in [2.75, 3.05) is 0 Å². The van der Waals surface area contributed by atoms with Crippen molar-refractivity contribution in [2.45, 2.75) is 25.3 Å². The fourth-order valence-corrected chi connectivity index (χ4v) is 2.61. The summed E-state index contributed by atoms with van der Waals surface area (Å²) < 4.78 is 5.56. The van der Waals surface area contributed by atoms with Gasteiger partial charge in [-0.15, -0.1) is 0 Å². The van der Waals surface area contributed by atoms with Crippen LogP contribution in [0.3, 0.4) is 0 Å². The van der Waals surface area contributed by atoms with Crippen molar-refractivity contribution in [2.24, 2.45) is 0 Å². The molecule has 110 valence electrons. The molecule has 2 aromatic heterocycles. The molecule has 1 aromatic carbocycles. The van der Waals surface area contributed by atoms with E-state index in [2.05, 4.69) is 16.4 Å². The Morgan fingerprint density at radius 3 is 2.91 bits per heavy atom. The smallest absolute Gasteiger partial charge is 0.287 e. The van der Waals surface area contributed by atoms with Crippen LogP contribution in [0, 0.1) is 0 Å². The normalized spacial score (nSPS) is 14.2. The largest absolute Gasteiger partial charge is 0.451 e. The molecule has 0 unspecified atom stereocenters. The first-order chi connectivity index (χ1) is 10.8. The molecule has 22 heavy (non-hydrogen) atoms. The molecule has 1 amide bonds. The average molecular weight is 292 g/mol. The Morgan fingerprint density at radius 1 is 1.23 bits per heavy atom. The molecule has 1 saturated carbocycles. The van der Waals surface area contributed by atoms with Crippen molar-refractivity contribution >= 4 is 16.9 Å². The number of furan rings is 1. The van der Waals surface area contributed by atoms with Crippen molar-refractivity contribution in [3.63, 3.8) is 0 Å². The van der Waals surface area contributed by atoms with Crippen LogP contribution in [0.2, 0.25) is 0 Å². The number of aromatic nitrogens is 1. The second kappa shape index (κ2) is 5.30. The van der Waals surface area contributed by atoms with Gasteiger partial charge in [0, 0.05) is 24.3 Å². The molecule has 3 aromatic rings. The number of carbonyl (C=O) groups is 1. The number of nitrogens with one attached hydrogen (secondary N) is 1. The first-order valence-electron chi connectivity index (χ1n) is 7.50.